The van der Waals surface area contributed by atoms with Gasteiger partial charge in [-0.1, -0.05) is 6.07 Å². The molecule has 0 fully saturated rings. The Kier molecular flexibility index (Phi) is 3.57. The summed E-state index contributed by atoms with van der Waals surface area (Å²) in [4.78, 5) is 28.0. The zero-order valence-electron chi connectivity index (χ0n) is 11.5. The van der Waals surface area contributed by atoms with E-state index in [1.165, 1.54) is 34.7 Å². The molecule has 0 aliphatic carbocycles. The van der Waals surface area contributed by atoms with E-state index in [9.17, 15) is 14.7 Å². The van der Waals surface area contributed by atoms with Crippen LogP contribution in [0.3, 0.4) is 0 Å². The van der Waals surface area contributed by atoms with Crippen LogP contribution in [0.2, 0.25) is 0 Å². The molecule has 0 bridgehead atoms. The van der Waals surface area contributed by atoms with Gasteiger partial charge in [0, 0.05) is 12.3 Å². The molecule has 2 heterocycles. The fraction of sp³-hybridized carbons (Fsp3) is 0.0625. The monoisotopic (exact) mass is 296 g/mol. The molecular formula is C16H12N2O4. The Hall–Kier alpha value is -3.15. The molecule has 0 amide bonds. The predicted molar refractivity (Wildman–Crippen MR) is 78.7 cm³/mol. The number of rotatable bonds is 3. The van der Waals surface area contributed by atoms with Gasteiger partial charge >= 0.3 is 5.97 Å². The van der Waals surface area contributed by atoms with Crippen LogP contribution in [0.25, 0.3) is 5.65 Å². The summed E-state index contributed by atoms with van der Waals surface area (Å²) in [7, 11) is 0. The van der Waals surface area contributed by atoms with Crippen LogP contribution in [-0.4, -0.2) is 20.5 Å². The van der Waals surface area contributed by atoms with Crippen LogP contribution in [0.1, 0.15) is 16.1 Å². The summed E-state index contributed by atoms with van der Waals surface area (Å²) in [6, 6.07) is 12.3. The highest BCUT2D eigenvalue weighted by Gasteiger charge is 2.09. The molecule has 6 nitrogen and oxygen atoms in total. The van der Waals surface area contributed by atoms with Gasteiger partial charge in [0.25, 0.3) is 5.56 Å². The standard InChI is InChI=1S/C16H12N2O4/c19-13-6-4-11(5-7-13)16(21)22-10-12-9-15(20)18-8-2-1-3-14(18)17-12/h1-9,19H,10H2. The van der Waals surface area contributed by atoms with E-state index in [-0.39, 0.29) is 17.9 Å². The van der Waals surface area contributed by atoms with Crippen molar-refractivity contribution in [3.63, 3.8) is 0 Å². The summed E-state index contributed by atoms with van der Waals surface area (Å²) in [5.41, 5.74) is 0.950. The van der Waals surface area contributed by atoms with Gasteiger partial charge in [0.1, 0.15) is 18.0 Å². The maximum Gasteiger partial charge on any atom is 0.338 e. The lowest BCUT2D eigenvalue weighted by molar-refractivity contribution is 0.0467. The summed E-state index contributed by atoms with van der Waals surface area (Å²) in [5.74, 6) is -0.476. The van der Waals surface area contributed by atoms with Crippen molar-refractivity contribution in [1.29, 1.82) is 0 Å². The van der Waals surface area contributed by atoms with E-state index in [0.717, 1.165) is 0 Å². The van der Waals surface area contributed by atoms with Gasteiger partial charge in [0.15, 0.2) is 0 Å². The highest BCUT2D eigenvalue weighted by Crippen LogP contribution is 2.11. The first-order valence-electron chi connectivity index (χ1n) is 6.57. The van der Waals surface area contributed by atoms with Crippen molar-refractivity contribution in [2.24, 2.45) is 0 Å². The number of carbonyl (C=O) groups excluding carboxylic acids is 1. The first-order chi connectivity index (χ1) is 10.6. The van der Waals surface area contributed by atoms with Gasteiger partial charge in [-0.2, -0.15) is 0 Å². The van der Waals surface area contributed by atoms with Crippen LogP contribution in [0.5, 0.6) is 5.75 Å². The lowest BCUT2D eigenvalue weighted by Gasteiger charge is -2.06. The van der Waals surface area contributed by atoms with Crippen LogP contribution in [0.4, 0.5) is 0 Å². The third kappa shape index (κ3) is 2.80. The molecule has 1 N–H and O–H groups in total. The van der Waals surface area contributed by atoms with E-state index in [2.05, 4.69) is 4.98 Å². The second-order valence-electron chi connectivity index (χ2n) is 4.64. The van der Waals surface area contributed by atoms with Crippen LogP contribution < -0.4 is 5.56 Å². The Morgan fingerprint density at radius 1 is 1.18 bits per heavy atom. The Labute approximate surface area is 125 Å². The average molecular weight is 296 g/mol. The normalized spacial score (nSPS) is 10.5. The molecule has 110 valence electrons. The number of carbonyl (C=O) groups is 1. The van der Waals surface area contributed by atoms with Crippen molar-refractivity contribution in [3.8, 4) is 5.75 Å². The summed E-state index contributed by atoms with van der Waals surface area (Å²) in [5, 5.41) is 9.18. The second kappa shape index (κ2) is 5.69. The summed E-state index contributed by atoms with van der Waals surface area (Å²) in [6.45, 7) is -0.0969. The van der Waals surface area contributed by atoms with Crippen LogP contribution in [-0.2, 0) is 11.3 Å². The smallest absolute Gasteiger partial charge is 0.338 e. The zero-order valence-corrected chi connectivity index (χ0v) is 11.5. The Bertz CT molecular complexity index is 885. The molecule has 0 saturated carbocycles. The lowest BCUT2D eigenvalue weighted by atomic mass is 10.2. The van der Waals surface area contributed by atoms with Crippen molar-refractivity contribution < 1.29 is 14.6 Å². The number of ether oxygens (including phenoxy) is 1. The molecule has 0 aliphatic heterocycles. The Balaban J connectivity index is 1.77. The minimum Gasteiger partial charge on any atom is -0.508 e. The molecule has 2 aromatic heterocycles. The van der Waals surface area contributed by atoms with Crippen molar-refractivity contribution in [1.82, 2.24) is 9.38 Å². The van der Waals surface area contributed by atoms with Crippen molar-refractivity contribution in [2.75, 3.05) is 0 Å². The van der Waals surface area contributed by atoms with E-state index in [1.807, 2.05) is 0 Å². The molecule has 3 aromatic rings. The number of nitrogens with zero attached hydrogens (tertiary/aromatic N) is 2. The van der Waals surface area contributed by atoms with Gasteiger partial charge in [-0.3, -0.25) is 9.20 Å². The number of aromatic nitrogens is 2. The summed E-state index contributed by atoms with van der Waals surface area (Å²) >= 11 is 0. The van der Waals surface area contributed by atoms with Gasteiger partial charge in [-0.05, 0) is 36.4 Å². The molecule has 1 aromatic carbocycles. The van der Waals surface area contributed by atoms with Crippen molar-refractivity contribution in [3.05, 3.63) is 76.3 Å². The minimum absolute atomic E-state index is 0.0702. The van der Waals surface area contributed by atoms with Gasteiger partial charge < -0.3 is 9.84 Å². The molecule has 0 radical (unpaired) electrons. The van der Waals surface area contributed by atoms with Crippen molar-refractivity contribution in [2.45, 2.75) is 6.61 Å². The van der Waals surface area contributed by atoms with E-state index < -0.39 is 5.97 Å². The maximum absolute atomic E-state index is 11.9. The van der Waals surface area contributed by atoms with Gasteiger partial charge in [0.05, 0.1) is 11.3 Å². The van der Waals surface area contributed by atoms with E-state index in [1.54, 1.807) is 24.4 Å². The van der Waals surface area contributed by atoms with E-state index >= 15 is 0 Å². The number of phenols is 1. The topological polar surface area (TPSA) is 80.9 Å². The molecule has 22 heavy (non-hydrogen) atoms. The quantitative estimate of drug-likeness (QED) is 0.745. The number of esters is 1. The maximum atomic E-state index is 11.9. The first-order valence-corrected chi connectivity index (χ1v) is 6.57. The molecule has 0 atom stereocenters. The van der Waals surface area contributed by atoms with Crippen LogP contribution >= 0.6 is 0 Å². The van der Waals surface area contributed by atoms with Gasteiger partial charge in [-0.25, -0.2) is 9.78 Å². The molecule has 6 heteroatoms. The van der Waals surface area contributed by atoms with Gasteiger partial charge in [0.2, 0.25) is 0 Å². The number of fused-ring (bicyclic) bond motifs is 1. The molecular weight excluding hydrogens is 284 g/mol. The molecule has 0 aliphatic rings. The number of pyridine rings is 1. The molecule has 0 spiro atoms. The Morgan fingerprint density at radius 3 is 2.73 bits per heavy atom. The third-order valence-corrected chi connectivity index (χ3v) is 3.08. The second-order valence-corrected chi connectivity index (χ2v) is 4.64. The number of aromatic hydroxyl groups is 1. The lowest BCUT2D eigenvalue weighted by Crippen LogP contribution is -2.16. The molecule has 3 rings (SSSR count). The minimum atomic E-state index is -0.546. The van der Waals surface area contributed by atoms with E-state index in [4.69, 9.17) is 4.74 Å². The van der Waals surface area contributed by atoms with E-state index in [0.29, 0.717) is 16.9 Å². The first kappa shape index (κ1) is 13.8. The molecule has 0 saturated heterocycles. The fourth-order valence-electron chi connectivity index (χ4n) is 2.00. The third-order valence-electron chi connectivity index (χ3n) is 3.08. The zero-order chi connectivity index (χ0) is 15.5. The highest BCUT2D eigenvalue weighted by molar-refractivity contribution is 5.89. The summed E-state index contributed by atoms with van der Waals surface area (Å²) < 4.78 is 6.53. The SMILES string of the molecule is O=C(OCc1cc(=O)n2ccccc2n1)c1ccc(O)cc1. The fourth-order valence-corrected chi connectivity index (χ4v) is 2.00. The molecule has 0 unspecified atom stereocenters. The number of hydrogen-bond donors (Lipinski definition) is 1. The average Bonchev–Trinajstić information content (AvgIpc) is 2.53. The predicted octanol–water partition coefficient (Wildman–Crippen LogP) is 1.76. The number of phenolic OH excluding ortho intramolecular Hbond substituents is 1. The highest BCUT2D eigenvalue weighted by atomic mass is 16.5. The number of hydrogen-bond acceptors (Lipinski definition) is 5. The van der Waals surface area contributed by atoms with Gasteiger partial charge in [-0.15, -0.1) is 0 Å². The summed E-state index contributed by atoms with van der Waals surface area (Å²) in [6.07, 6.45) is 1.62. The number of benzene rings is 1. The Morgan fingerprint density at radius 2 is 1.95 bits per heavy atom. The largest absolute Gasteiger partial charge is 0.508 e. The van der Waals surface area contributed by atoms with Crippen LogP contribution in [0.15, 0.2) is 59.5 Å². The van der Waals surface area contributed by atoms with Crippen molar-refractivity contribution >= 4 is 11.6 Å². The van der Waals surface area contributed by atoms with Crippen LogP contribution in [0, 0.1) is 0 Å².